The van der Waals surface area contributed by atoms with Gasteiger partial charge in [-0.15, -0.1) is 0 Å². The van der Waals surface area contributed by atoms with Gasteiger partial charge in [-0.2, -0.15) is 0 Å². The highest BCUT2D eigenvalue weighted by atomic mass is 35.5. The van der Waals surface area contributed by atoms with Gasteiger partial charge in [0.25, 0.3) is 0 Å². The molecule has 4 rings (SSSR count). The van der Waals surface area contributed by atoms with Crippen LogP contribution in [-0.4, -0.2) is 12.6 Å². The Bertz CT molecular complexity index is 514. The number of hydrogen-bond acceptors (Lipinski definition) is 2. The molecule has 3 aliphatic carbocycles. The van der Waals surface area contributed by atoms with Crippen LogP contribution in [0.3, 0.4) is 0 Å². The summed E-state index contributed by atoms with van der Waals surface area (Å²) < 4.78 is 6.18. The Morgan fingerprint density at radius 2 is 2.05 bits per heavy atom. The molecule has 3 saturated carbocycles. The highest BCUT2D eigenvalue weighted by Gasteiger charge is 2.39. The Labute approximate surface area is 132 Å². The van der Waals surface area contributed by atoms with E-state index in [2.05, 4.69) is 5.32 Å². The molecule has 3 fully saturated rings. The van der Waals surface area contributed by atoms with Gasteiger partial charge < -0.3 is 10.1 Å². The number of fused-ring (bicyclic) bond motifs is 2. The summed E-state index contributed by atoms with van der Waals surface area (Å²) >= 11 is 6.14. The highest BCUT2D eigenvalue weighted by Crippen LogP contribution is 2.48. The highest BCUT2D eigenvalue weighted by molar-refractivity contribution is 6.30. The van der Waals surface area contributed by atoms with Crippen LogP contribution in [0.4, 0.5) is 0 Å². The van der Waals surface area contributed by atoms with Crippen LogP contribution in [0.25, 0.3) is 0 Å². The molecule has 3 heteroatoms. The molecule has 1 N–H and O–H groups in total. The van der Waals surface area contributed by atoms with Crippen LogP contribution in [-0.2, 0) is 6.54 Å². The Kier molecular flexibility index (Phi) is 3.85. The maximum absolute atomic E-state index is 6.18. The van der Waals surface area contributed by atoms with Gasteiger partial charge in [0, 0.05) is 23.2 Å². The van der Waals surface area contributed by atoms with E-state index in [9.17, 15) is 0 Å². The van der Waals surface area contributed by atoms with Gasteiger partial charge in [-0.25, -0.2) is 0 Å². The summed E-state index contributed by atoms with van der Waals surface area (Å²) in [5, 5.41) is 4.36. The maximum atomic E-state index is 6.18. The van der Waals surface area contributed by atoms with E-state index in [1.54, 1.807) is 0 Å². The fourth-order valence-corrected chi connectivity index (χ4v) is 4.34. The molecule has 2 nitrogen and oxygen atoms in total. The summed E-state index contributed by atoms with van der Waals surface area (Å²) in [6.07, 6.45) is 8.33. The van der Waals surface area contributed by atoms with Crippen LogP contribution >= 0.6 is 11.6 Å². The van der Waals surface area contributed by atoms with Crippen molar-refractivity contribution in [2.75, 3.05) is 6.61 Å². The Hall–Kier alpha value is -0.730. The van der Waals surface area contributed by atoms with Crippen molar-refractivity contribution in [2.45, 2.75) is 51.1 Å². The normalized spacial score (nSPS) is 30.8. The van der Waals surface area contributed by atoms with Crippen molar-refractivity contribution < 1.29 is 4.74 Å². The van der Waals surface area contributed by atoms with Crippen molar-refractivity contribution in [3.8, 4) is 5.75 Å². The van der Waals surface area contributed by atoms with Gasteiger partial charge in [-0.1, -0.05) is 18.0 Å². The summed E-state index contributed by atoms with van der Waals surface area (Å²) in [4.78, 5) is 0. The van der Waals surface area contributed by atoms with Crippen molar-refractivity contribution in [3.05, 3.63) is 28.8 Å². The van der Waals surface area contributed by atoms with Crippen LogP contribution < -0.4 is 10.1 Å². The summed E-state index contributed by atoms with van der Waals surface area (Å²) in [6.45, 7) is 1.76. The molecular weight excluding hydrogens is 282 g/mol. The van der Waals surface area contributed by atoms with Gasteiger partial charge in [0.1, 0.15) is 5.75 Å². The minimum atomic E-state index is 0.711. The second kappa shape index (κ2) is 5.81. The van der Waals surface area contributed by atoms with Crippen molar-refractivity contribution in [1.82, 2.24) is 5.32 Å². The first-order valence-electron chi connectivity index (χ1n) is 8.42. The Balaban J connectivity index is 1.38. The molecule has 1 aromatic carbocycles. The Morgan fingerprint density at radius 3 is 2.76 bits per heavy atom. The zero-order chi connectivity index (χ0) is 14.2. The zero-order valence-corrected chi connectivity index (χ0v) is 13.2. The molecule has 21 heavy (non-hydrogen) atoms. The van der Waals surface area contributed by atoms with Gasteiger partial charge in [-0.05, 0) is 68.1 Å². The van der Waals surface area contributed by atoms with E-state index in [1.807, 2.05) is 18.2 Å². The smallest absolute Gasteiger partial charge is 0.123 e. The first-order valence-corrected chi connectivity index (χ1v) is 8.80. The van der Waals surface area contributed by atoms with E-state index in [-0.39, 0.29) is 0 Å². The third kappa shape index (κ3) is 3.22. The van der Waals surface area contributed by atoms with Gasteiger partial charge in [0.15, 0.2) is 0 Å². The number of benzene rings is 1. The lowest BCUT2D eigenvalue weighted by atomic mass is 9.89. The van der Waals surface area contributed by atoms with E-state index in [1.165, 1.54) is 44.1 Å². The maximum Gasteiger partial charge on any atom is 0.123 e. The summed E-state index contributed by atoms with van der Waals surface area (Å²) in [5.41, 5.74) is 1.21. The van der Waals surface area contributed by atoms with E-state index in [0.29, 0.717) is 6.04 Å². The molecular formula is C18H24ClNO. The first-order chi connectivity index (χ1) is 10.3. The molecule has 0 aromatic heterocycles. The molecule has 0 saturated heterocycles. The molecule has 0 aliphatic heterocycles. The Morgan fingerprint density at radius 1 is 1.14 bits per heavy atom. The number of rotatable bonds is 6. The summed E-state index contributed by atoms with van der Waals surface area (Å²) in [5.74, 6) is 3.72. The van der Waals surface area contributed by atoms with Crippen molar-refractivity contribution in [3.63, 3.8) is 0 Å². The molecule has 0 spiro atoms. The number of nitrogens with one attached hydrogen (secondary N) is 1. The SMILES string of the molecule is Clc1ccc(OCC2CC3CCC2C3)c(CNC2CC2)c1. The van der Waals surface area contributed by atoms with E-state index in [4.69, 9.17) is 16.3 Å². The van der Waals surface area contributed by atoms with Crippen LogP contribution in [0, 0.1) is 17.8 Å². The average molecular weight is 306 g/mol. The molecule has 0 radical (unpaired) electrons. The summed E-state index contributed by atoms with van der Waals surface area (Å²) in [7, 11) is 0. The predicted molar refractivity (Wildman–Crippen MR) is 85.7 cm³/mol. The predicted octanol–water partition coefficient (Wildman–Crippen LogP) is 4.41. The average Bonchev–Trinajstić information content (AvgIpc) is 3.08. The van der Waals surface area contributed by atoms with Crippen LogP contribution in [0.5, 0.6) is 5.75 Å². The fraction of sp³-hybridized carbons (Fsp3) is 0.667. The van der Waals surface area contributed by atoms with Gasteiger partial charge in [0.2, 0.25) is 0 Å². The third-order valence-corrected chi connectivity index (χ3v) is 5.75. The molecule has 114 valence electrons. The standard InChI is InChI=1S/C18H24ClNO/c19-16-3-6-18(14(9-16)10-20-17-4-5-17)21-11-15-8-12-1-2-13(15)7-12/h3,6,9,12-13,15,17,20H,1-2,4-5,7-8,10-11H2. The number of halogens is 1. The largest absolute Gasteiger partial charge is 0.493 e. The molecule has 0 amide bonds. The number of ether oxygens (including phenoxy) is 1. The molecule has 1 aromatic rings. The molecule has 3 atom stereocenters. The minimum absolute atomic E-state index is 0.711. The van der Waals surface area contributed by atoms with Crippen LogP contribution in [0.1, 0.15) is 44.1 Å². The van der Waals surface area contributed by atoms with E-state index < -0.39 is 0 Å². The molecule has 3 unspecified atom stereocenters. The van der Waals surface area contributed by atoms with E-state index in [0.717, 1.165) is 41.7 Å². The lowest BCUT2D eigenvalue weighted by Gasteiger charge is -2.22. The van der Waals surface area contributed by atoms with Crippen molar-refractivity contribution in [2.24, 2.45) is 17.8 Å². The zero-order valence-electron chi connectivity index (χ0n) is 12.5. The lowest BCUT2D eigenvalue weighted by Crippen LogP contribution is -2.20. The quantitative estimate of drug-likeness (QED) is 0.840. The van der Waals surface area contributed by atoms with Gasteiger partial charge in [0.05, 0.1) is 6.61 Å². The molecule has 0 heterocycles. The second-order valence-electron chi connectivity index (χ2n) is 7.15. The minimum Gasteiger partial charge on any atom is -0.493 e. The van der Waals surface area contributed by atoms with Crippen molar-refractivity contribution >= 4 is 11.6 Å². The van der Waals surface area contributed by atoms with E-state index >= 15 is 0 Å². The summed E-state index contributed by atoms with van der Waals surface area (Å²) in [6, 6.07) is 6.74. The molecule has 3 aliphatic rings. The lowest BCUT2D eigenvalue weighted by molar-refractivity contribution is 0.194. The fourth-order valence-electron chi connectivity index (χ4n) is 4.15. The third-order valence-electron chi connectivity index (χ3n) is 5.52. The number of hydrogen-bond donors (Lipinski definition) is 1. The van der Waals surface area contributed by atoms with Crippen LogP contribution in [0.15, 0.2) is 18.2 Å². The first kappa shape index (κ1) is 13.9. The van der Waals surface area contributed by atoms with Gasteiger partial charge >= 0.3 is 0 Å². The van der Waals surface area contributed by atoms with Crippen molar-refractivity contribution in [1.29, 1.82) is 0 Å². The topological polar surface area (TPSA) is 21.3 Å². The van der Waals surface area contributed by atoms with Crippen LogP contribution in [0.2, 0.25) is 5.02 Å². The van der Waals surface area contributed by atoms with Gasteiger partial charge in [-0.3, -0.25) is 0 Å². The molecule has 2 bridgehead atoms. The monoisotopic (exact) mass is 305 g/mol. The second-order valence-corrected chi connectivity index (χ2v) is 7.59.